The van der Waals surface area contributed by atoms with E-state index in [2.05, 4.69) is 5.32 Å². The number of aliphatic carboxylic acids is 2. The Bertz CT molecular complexity index is 700. The Morgan fingerprint density at radius 2 is 1.73 bits per heavy atom. The van der Waals surface area contributed by atoms with Crippen molar-refractivity contribution in [2.75, 3.05) is 13.3 Å². The first-order chi connectivity index (χ1) is 14.0. The van der Waals surface area contributed by atoms with Crippen LogP contribution in [-0.2, 0) is 20.7 Å². The largest absolute Gasteiger partial charge is 0.491 e. The maximum absolute atomic E-state index is 12.1. The van der Waals surface area contributed by atoms with Crippen LogP contribution in [0.2, 0.25) is 0 Å². The summed E-state index contributed by atoms with van der Waals surface area (Å²) in [5, 5.41) is 21.0. The smallest absolute Gasteiger partial charge is 0.408 e. The maximum atomic E-state index is 12.1. The molecule has 0 unspecified atom stereocenters. The number of ether oxygens (including phenoxy) is 2. The van der Waals surface area contributed by atoms with E-state index in [0.717, 1.165) is 5.56 Å². The van der Waals surface area contributed by atoms with Gasteiger partial charge in [0.2, 0.25) is 0 Å². The number of halogens is 1. The number of amides is 1. The predicted molar refractivity (Wildman–Crippen MR) is 107 cm³/mol. The first kappa shape index (κ1) is 25.2. The molecule has 0 saturated heterocycles. The summed E-state index contributed by atoms with van der Waals surface area (Å²) in [6, 6.07) is 5.68. The third-order valence-corrected chi connectivity index (χ3v) is 4.15. The molecule has 3 N–H and O–H groups in total. The summed E-state index contributed by atoms with van der Waals surface area (Å²) < 4.78 is 22.3. The van der Waals surface area contributed by atoms with Crippen LogP contribution in [0, 0.1) is 5.92 Å². The van der Waals surface area contributed by atoms with Crippen LogP contribution in [0.5, 0.6) is 5.75 Å². The fraction of sp³-hybridized carbons (Fsp3) is 0.571. The van der Waals surface area contributed by atoms with Gasteiger partial charge in [-0.15, -0.1) is 0 Å². The molecule has 2 atom stereocenters. The second-order valence-electron chi connectivity index (χ2n) is 7.88. The van der Waals surface area contributed by atoms with Gasteiger partial charge in [0.1, 0.15) is 30.7 Å². The molecule has 0 aliphatic heterocycles. The Morgan fingerprint density at radius 3 is 2.23 bits per heavy atom. The third kappa shape index (κ3) is 10.1. The molecule has 0 aliphatic carbocycles. The van der Waals surface area contributed by atoms with Crippen molar-refractivity contribution in [1.29, 1.82) is 0 Å². The van der Waals surface area contributed by atoms with Crippen molar-refractivity contribution in [2.24, 2.45) is 5.92 Å². The average molecular weight is 427 g/mol. The quantitative estimate of drug-likeness (QED) is 0.467. The number of alkyl carbamates (subject to hydrolysis) is 1. The molecule has 0 aromatic heterocycles. The SMILES string of the molecule is CC(C)(C)OC(=O)N[C@@H](C[C@H](CCCc1ccc(OCCF)cc1)C(=O)O)C(=O)O. The number of carbonyl (C=O) groups is 3. The molecule has 30 heavy (non-hydrogen) atoms. The Hall–Kier alpha value is -2.84. The van der Waals surface area contributed by atoms with Crippen LogP contribution in [-0.4, -0.2) is 53.2 Å². The topological polar surface area (TPSA) is 122 Å². The number of benzene rings is 1. The van der Waals surface area contributed by atoms with Gasteiger partial charge >= 0.3 is 18.0 Å². The highest BCUT2D eigenvalue weighted by atomic mass is 19.1. The molecular formula is C21H30FNO7. The van der Waals surface area contributed by atoms with Crippen molar-refractivity contribution >= 4 is 18.0 Å². The number of rotatable bonds is 12. The lowest BCUT2D eigenvalue weighted by atomic mass is 9.93. The van der Waals surface area contributed by atoms with Crippen LogP contribution in [0.1, 0.15) is 45.6 Å². The average Bonchev–Trinajstić information content (AvgIpc) is 2.63. The number of carboxylic acid groups (broad SMARTS) is 2. The third-order valence-electron chi connectivity index (χ3n) is 4.15. The number of nitrogens with one attached hydrogen (secondary N) is 1. The minimum atomic E-state index is -1.37. The molecule has 0 aliphatic rings. The molecule has 0 saturated carbocycles. The van der Waals surface area contributed by atoms with Crippen LogP contribution in [0.15, 0.2) is 24.3 Å². The van der Waals surface area contributed by atoms with E-state index in [1.54, 1.807) is 32.9 Å². The van der Waals surface area contributed by atoms with Crippen LogP contribution >= 0.6 is 0 Å². The van der Waals surface area contributed by atoms with Crippen molar-refractivity contribution in [3.05, 3.63) is 29.8 Å². The van der Waals surface area contributed by atoms with E-state index in [0.29, 0.717) is 18.6 Å². The summed E-state index contributed by atoms with van der Waals surface area (Å²) in [4.78, 5) is 34.9. The molecule has 8 nitrogen and oxygen atoms in total. The molecule has 0 bridgehead atoms. The molecule has 1 amide bonds. The van der Waals surface area contributed by atoms with E-state index in [-0.39, 0.29) is 19.4 Å². The second kappa shape index (κ2) is 12.0. The second-order valence-corrected chi connectivity index (χ2v) is 7.88. The lowest BCUT2D eigenvalue weighted by Crippen LogP contribution is -2.45. The molecule has 1 aromatic rings. The molecule has 0 fully saturated rings. The van der Waals surface area contributed by atoms with Gasteiger partial charge < -0.3 is 25.0 Å². The summed E-state index contributed by atoms with van der Waals surface area (Å²) in [6.45, 7) is 4.34. The standard InChI is InChI=1S/C21H30FNO7/c1-21(2,3)30-20(28)23-17(19(26)27)13-15(18(24)25)6-4-5-14-7-9-16(10-8-14)29-12-11-22/h7-10,15,17H,4-6,11-13H2,1-3H3,(H,23,28)(H,24,25)(H,26,27)/t15-,17-/m0/s1. The van der Waals surface area contributed by atoms with Crippen molar-refractivity contribution in [3.8, 4) is 5.75 Å². The fourth-order valence-corrected chi connectivity index (χ4v) is 2.76. The van der Waals surface area contributed by atoms with Crippen molar-refractivity contribution < 1.29 is 38.5 Å². The highest BCUT2D eigenvalue weighted by molar-refractivity contribution is 5.81. The Balaban J connectivity index is 2.60. The summed E-state index contributed by atoms with van der Waals surface area (Å²) in [7, 11) is 0. The van der Waals surface area contributed by atoms with Crippen molar-refractivity contribution in [3.63, 3.8) is 0 Å². The van der Waals surface area contributed by atoms with E-state index < -0.39 is 42.3 Å². The van der Waals surface area contributed by atoms with Crippen molar-refractivity contribution in [1.82, 2.24) is 5.32 Å². The molecule has 0 spiro atoms. The normalized spacial score (nSPS) is 13.2. The summed E-state index contributed by atoms with van der Waals surface area (Å²) in [5.41, 5.74) is 0.152. The molecule has 1 aromatic carbocycles. The number of alkyl halides is 1. The molecule has 9 heteroatoms. The zero-order valence-corrected chi connectivity index (χ0v) is 17.5. The van der Waals surface area contributed by atoms with Gasteiger partial charge in [-0.25, -0.2) is 14.0 Å². The Kier molecular flexibility index (Phi) is 10.1. The van der Waals surface area contributed by atoms with Crippen LogP contribution in [0.4, 0.5) is 9.18 Å². The van der Waals surface area contributed by atoms with Gasteiger partial charge in [-0.05, 0) is 64.2 Å². The van der Waals surface area contributed by atoms with Crippen LogP contribution in [0.25, 0.3) is 0 Å². The van der Waals surface area contributed by atoms with Gasteiger partial charge in [0.15, 0.2) is 0 Å². The number of carbonyl (C=O) groups excluding carboxylic acids is 1. The van der Waals surface area contributed by atoms with E-state index >= 15 is 0 Å². The minimum Gasteiger partial charge on any atom is -0.491 e. The van der Waals surface area contributed by atoms with Crippen LogP contribution in [0.3, 0.4) is 0 Å². The maximum Gasteiger partial charge on any atom is 0.408 e. The number of aryl methyl sites for hydroxylation is 1. The molecule has 1 rings (SSSR count). The Morgan fingerprint density at radius 1 is 1.10 bits per heavy atom. The number of carboxylic acids is 2. The molecule has 168 valence electrons. The monoisotopic (exact) mass is 427 g/mol. The zero-order chi connectivity index (χ0) is 22.7. The van der Waals surface area contributed by atoms with Crippen molar-refractivity contribution in [2.45, 2.75) is 58.1 Å². The highest BCUT2D eigenvalue weighted by Crippen LogP contribution is 2.19. The van der Waals surface area contributed by atoms with E-state index in [1.165, 1.54) is 0 Å². The summed E-state index contributed by atoms with van der Waals surface area (Å²) in [5.74, 6) is -2.83. The summed E-state index contributed by atoms with van der Waals surface area (Å²) >= 11 is 0. The Labute approximate surface area is 175 Å². The van der Waals surface area contributed by atoms with E-state index in [1.807, 2.05) is 12.1 Å². The first-order valence-electron chi connectivity index (χ1n) is 9.74. The van der Waals surface area contributed by atoms with Gasteiger partial charge in [-0.1, -0.05) is 12.1 Å². The summed E-state index contributed by atoms with van der Waals surface area (Å²) in [6.07, 6.45) is 0.189. The molecule has 0 heterocycles. The first-order valence-corrected chi connectivity index (χ1v) is 9.74. The lowest BCUT2D eigenvalue weighted by Gasteiger charge is -2.23. The van der Waals surface area contributed by atoms with Gasteiger partial charge in [0.05, 0.1) is 5.92 Å². The van der Waals surface area contributed by atoms with Gasteiger partial charge in [0, 0.05) is 0 Å². The fourth-order valence-electron chi connectivity index (χ4n) is 2.76. The van der Waals surface area contributed by atoms with E-state index in [9.17, 15) is 29.0 Å². The molecule has 0 radical (unpaired) electrons. The highest BCUT2D eigenvalue weighted by Gasteiger charge is 2.29. The zero-order valence-electron chi connectivity index (χ0n) is 17.5. The number of hydrogen-bond donors (Lipinski definition) is 3. The van der Waals surface area contributed by atoms with Gasteiger partial charge in [-0.3, -0.25) is 4.79 Å². The van der Waals surface area contributed by atoms with Crippen LogP contribution < -0.4 is 10.1 Å². The number of hydrogen-bond acceptors (Lipinski definition) is 5. The lowest BCUT2D eigenvalue weighted by molar-refractivity contribution is -0.144. The predicted octanol–water partition coefficient (Wildman–Crippen LogP) is 3.43. The van der Waals surface area contributed by atoms with Gasteiger partial charge in [0.25, 0.3) is 0 Å². The van der Waals surface area contributed by atoms with Gasteiger partial charge in [-0.2, -0.15) is 0 Å². The molecular weight excluding hydrogens is 397 g/mol. The van der Waals surface area contributed by atoms with E-state index in [4.69, 9.17) is 9.47 Å². The minimum absolute atomic E-state index is 0.0122.